The summed E-state index contributed by atoms with van der Waals surface area (Å²) in [5.41, 5.74) is 0. The molecule has 0 atom stereocenters. The molecule has 1 aromatic heterocycles. The number of nitrogens with zero attached hydrogens (tertiary/aromatic N) is 3. The maximum Gasteiger partial charge on any atom is 0.159 e. The van der Waals surface area contributed by atoms with Crippen LogP contribution in [0.4, 0.5) is 0 Å². The van der Waals surface area contributed by atoms with Crippen LogP contribution in [0.25, 0.3) is 0 Å². The summed E-state index contributed by atoms with van der Waals surface area (Å²) < 4.78 is 10.9. The zero-order valence-electron chi connectivity index (χ0n) is 13.1. The lowest BCUT2D eigenvalue weighted by molar-refractivity contribution is 0.0367. The zero-order valence-corrected chi connectivity index (χ0v) is 13.9. The molecular formula is C16H25N3O2S. The predicted octanol–water partition coefficient (Wildman–Crippen LogP) is 2.30. The summed E-state index contributed by atoms with van der Waals surface area (Å²) in [5.74, 6) is 2.19. The molecule has 0 spiro atoms. The van der Waals surface area contributed by atoms with Crippen LogP contribution in [-0.2, 0) is 11.3 Å². The van der Waals surface area contributed by atoms with Gasteiger partial charge < -0.3 is 14.1 Å². The largest absolute Gasteiger partial charge is 0.467 e. The van der Waals surface area contributed by atoms with Gasteiger partial charge in [-0.2, -0.15) is 0 Å². The monoisotopic (exact) mass is 323 g/mol. The number of ether oxygens (including phenoxy) is 1. The molecule has 0 aromatic carbocycles. The number of hydrogen-bond acceptors (Lipinski definition) is 6. The molecule has 1 fully saturated rings. The van der Waals surface area contributed by atoms with Crippen molar-refractivity contribution in [2.75, 3.05) is 51.7 Å². The molecule has 122 valence electrons. The van der Waals surface area contributed by atoms with Crippen LogP contribution in [0.2, 0.25) is 0 Å². The Labute approximate surface area is 136 Å². The van der Waals surface area contributed by atoms with Crippen molar-refractivity contribution < 1.29 is 9.15 Å². The van der Waals surface area contributed by atoms with Crippen molar-refractivity contribution in [3.8, 4) is 0 Å². The zero-order chi connectivity index (χ0) is 15.0. The normalized spacial score (nSPS) is 19.9. The van der Waals surface area contributed by atoms with Crippen molar-refractivity contribution in [1.82, 2.24) is 9.80 Å². The molecule has 0 unspecified atom stereocenters. The summed E-state index contributed by atoms with van der Waals surface area (Å²) in [4.78, 5) is 9.57. The Hall–Kier alpha value is -0.980. The van der Waals surface area contributed by atoms with E-state index in [9.17, 15) is 0 Å². The molecule has 0 bridgehead atoms. The van der Waals surface area contributed by atoms with Gasteiger partial charge in [0.2, 0.25) is 0 Å². The van der Waals surface area contributed by atoms with Crippen molar-refractivity contribution in [1.29, 1.82) is 0 Å². The van der Waals surface area contributed by atoms with Crippen LogP contribution in [0.5, 0.6) is 0 Å². The van der Waals surface area contributed by atoms with E-state index in [0.29, 0.717) is 0 Å². The minimum absolute atomic E-state index is 0.821. The quantitative estimate of drug-likeness (QED) is 0.803. The number of aliphatic imine (C=N–C) groups is 1. The lowest BCUT2D eigenvalue weighted by Crippen LogP contribution is -2.39. The minimum Gasteiger partial charge on any atom is -0.467 e. The number of furan rings is 1. The molecule has 0 N–H and O–H groups in total. The molecule has 22 heavy (non-hydrogen) atoms. The van der Waals surface area contributed by atoms with Gasteiger partial charge in [-0.3, -0.25) is 9.89 Å². The van der Waals surface area contributed by atoms with Crippen molar-refractivity contribution in [2.45, 2.75) is 19.4 Å². The Kier molecular flexibility index (Phi) is 6.21. The summed E-state index contributed by atoms with van der Waals surface area (Å²) in [6, 6.07) is 4.00. The second kappa shape index (κ2) is 8.60. The molecule has 0 radical (unpaired) electrons. The summed E-state index contributed by atoms with van der Waals surface area (Å²) in [7, 11) is 0. The van der Waals surface area contributed by atoms with Crippen molar-refractivity contribution >= 4 is 16.9 Å². The Morgan fingerprint density at radius 1 is 1.32 bits per heavy atom. The molecule has 1 saturated heterocycles. The maximum absolute atomic E-state index is 5.52. The van der Waals surface area contributed by atoms with Gasteiger partial charge in [-0.15, -0.1) is 0 Å². The van der Waals surface area contributed by atoms with Crippen LogP contribution < -0.4 is 0 Å². The van der Waals surface area contributed by atoms with Gasteiger partial charge in [-0.1, -0.05) is 11.8 Å². The summed E-state index contributed by atoms with van der Waals surface area (Å²) >= 11 is 1.88. The van der Waals surface area contributed by atoms with Crippen LogP contribution in [0.15, 0.2) is 27.8 Å². The standard InChI is InChI=1S/C16H25N3O2S/c1-4-15(21-10-1)14-19(16-17-5-2-13-22-16)7-3-6-18-8-11-20-12-9-18/h1,4,10H,2-3,5-9,11-14H2. The van der Waals surface area contributed by atoms with E-state index in [1.54, 1.807) is 6.26 Å². The molecule has 0 aliphatic carbocycles. The molecule has 1 aromatic rings. The van der Waals surface area contributed by atoms with Crippen LogP contribution in [-0.4, -0.2) is 66.7 Å². The van der Waals surface area contributed by atoms with Gasteiger partial charge in [-0.05, 0) is 25.0 Å². The van der Waals surface area contributed by atoms with Crippen LogP contribution in [0.1, 0.15) is 18.6 Å². The third-order valence-corrected chi connectivity index (χ3v) is 5.12. The SMILES string of the molecule is c1coc(CN(CCCN2CCOCC2)C2=NCCCS2)c1. The Morgan fingerprint density at radius 2 is 2.23 bits per heavy atom. The van der Waals surface area contributed by atoms with Crippen LogP contribution in [0, 0.1) is 0 Å². The number of thioether (sulfide) groups is 1. The maximum atomic E-state index is 5.52. The molecule has 2 aliphatic rings. The van der Waals surface area contributed by atoms with Gasteiger partial charge in [0.1, 0.15) is 5.76 Å². The minimum atomic E-state index is 0.821. The van der Waals surface area contributed by atoms with E-state index in [4.69, 9.17) is 14.1 Å². The van der Waals surface area contributed by atoms with Crippen LogP contribution in [0.3, 0.4) is 0 Å². The first-order chi connectivity index (χ1) is 10.9. The fraction of sp³-hybridized carbons (Fsp3) is 0.688. The van der Waals surface area contributed by atoms with E-state index >= 15 is 0 Å². The average Bonchev–Trinajstić information content (AvgIpc) is 3.09. The highest BCUT2D eigenvalue weighted by atomic mass is 32.2. The number of amidine groups is 1. The van der Waals surface area contributed by atoms with Gasteiger partial charge in [0, 0.05) is 38.5 Å². The van der Waals surface area contributed by atoms with E-state index in [-0.39, 0.29) is 0 Å². The average molecular weight is 323 g/mol. The molecule has 5 nitrogen and oxygen atoms in total. The molecule has 6 heteroatoms. The highest BCUT2D eigenvalue weighted by Gasteiger charge is 2.17. The molecule has 2 aliphatic heterocycles. The summed E-state index contributed by atoms with van der Waals surface area (Å²) in [6.07, 6.45) is 4.09. The van der Waals surface area contributed by atoms with E-state index in [1.165, 1.54) is 17.3 Å². The fourth-order valence-electron chi connectivity index (χ4n) is 2.78. The van der Waals surface area contributed by atoms with Crippen molar-refractivity contribution in [2.24, 2.45) is 4.99 Å². The van der Waals surface area contributed by atoms with Crippen molar-refractivity contribution in [3.05, 3.63) is 24.2 Å². The first-order valence-corrected chi connectivity index (χ1v) is 9.15. The Morgan fingerprint density at radius 3 is 2.95 bits per heavy atom. The molecule has 3 heterocycles. The molecule has 3 rings (SSSR count). The highest BCUT2D eigenvalue weighted by molar-refractivity contribution is 8.13. The first-order valence-electron chi connectivity index (χ1n) is 8.16. The lowest BCUT2D eigenvalue weighted by atomic mass is 10.3. The van der Waals surface area contributed by atoms with E-state index < -0.39 is 0 Å². The highest BCUT2D eigenvalue weighted by Crippen LogP contribution is 2.19. The first kappa shape index (κ1) is 15.9. The topological polar surface area (TPSA) is 41.2 Å². The number of morpholine rings is 1. The lowest BCUT2D eigenvalue weighted by Gasteiger charge is -2.30. The second-order valence-electron chi connectivity index (χ2n) is 5.67. The van der Waals surface area contributed by atoms with Gasteiger partial charge in [0.05, 0.1) is 26.0 Å². The third kappa shape index (κ3) is 4.76. The van der Waals surface area contributed by atoms with Gasteiger partial charge in [-0.25, -0.2) is 0 Å². The molecule has 0 saturated carbocycles. The molecular weight excluding hydrogens is 298 g/mol. The smallest absolute Gasteiger partial charge is 0.159 e. The number of rotatable bonds is 6. The molecule has 0 amide bonds. The second-order valence-corrected chi connectivity index (χ2v) is 6.74. The Bertz CT molecular complexity index is 458. The van der Waals surface area contributed by atoms with Crippen LogP contribution >= 0.6 is 11.8 Å². The Balaban J connectivity index is 1.52. The van der Waals surface area contributed by atoms with E-state index in [1.807, 2.05) is 23.9 Å². The van der Waals surface area contributed by atoms with Gasteiger partial charge >= 0.3 is 0 Å². The van der Waals surface area contributed by atoms with E-state index in [2.05, 4.69) is 9.80 Å². The predicted molar refractivity (Wildman–Crippen MR) is 90.4 cm³/mol. The van der Waals surface area contributed by atoms with Gasteiger partial charge in [0.25, 0.3) is 0 Å². The summed E-state index contributed by atoms with van der Waals surface area (Å²) in [6.45, 7) is 7.82. The fourth-order valence-corrected chi connectivity index (χ4v) is 3.76. The van der Waals surface area contributed by atoms with Crippen molar-refractivity contribution in [3.63, 3.8) is 0 Å². The van der Waals surface area contributed by atoms with E-state index in [0.717, 1.165) is 64.7 Å². The summed E-state index contributed by atoms with van der Waals surface area (Å²) in [5, 5.41) is 1.18. The number of hydrogen-bond donors (Lipinski definition) is 0. The van der Waals surface area contributed by atoms with Gasteiger partial charge in [0.15, 0.2) is 5.17 Å². The third-order valence-electron chi connectivity index (χ3n) is 3.98.